The Bertz CT molecular complexity index is 2240. The molecule has 364 valence electrons. The van der Waals surface area contributed by atoms with E-state index in [0.717, 1.165) is 53.7 Å². The lowest BCUT2D eigenvalue weighted by atomic mass is 9.58. The summed E-state index contributed by atoms with van der Waals surface area (Å²) in [7, 11) is 6.85. The molecule has 14 heteroatoms. The van der Waals surface area contributed by atoms with Crippen LogP contribution in [0.15, 0.2) is 23.2 Å². The van der Waals surface area contributed by atoms with E-state index in [1.807, 2.05) is 0 Å². The van der Waals surface area contributed by atoms with Crippen LogP contribution in [0.3, 0.4) is 0 Å². The normalized spacial score (nSPS) is 30.0. The molecule has 4 heterocycles. The first kappa shape index (κ1) is 49.7. The van der Waals surface area contributed by atoms with Gasteiger partial charge in [-0.1, -0.05) is 84.1 Å². The second kappa shape index (κ2) is 22.3. The number of aliphatic hydroxyl groups is 2. The Kier molecular flexibility index (Phi) is 16.5. The predicted molar refractivity (Wildman–Crippen MR) is 266 cm³/mol. The van der Waals surface area contributed by atoms with Crippen LogP contribution in [0.4, 0.5) is 0 Å². The van der Waals surface area contributed by atoms with Gasteiger partial charge in [0.1, 0.15) is 12.5 Å². The number of methoxy groups -OCH3 is 2. The second-order valence-electron chi connectivity index (χ2n) is 20.3. The molecule has 2 aromatic carbocycles. The summed E-state index contributed by atoms with van der Waals surface area (Å²) >= 11 is 0. The lowest BCUT2D eigenvalue weighted by Gasteiger charge is -2.52. The van der Waals surface area contributed by atoms with Crippen LogP contribution >= 0.6 is 21.6 Å². The zero-order valence-corrected chi connectivity index (χ0v) is 41.6. The smallest absolute Gasteiger partial charge is 0.201 e. The molecule has 6 bridgehead atoms. The van der Waals surface area contributed by atoms with Crippen LogP contribution in [0.25, 0.3) is 0 Å². The molecule has 2 saturated carbocycles. The third kappa shape index (κ3) is 11.5. The van der Waals surface area contributed by atoms with Gasteiger partial charge in [-0.3, -0.25) is 10.1 Å². The van der Waals surface area contributed by atoms with Crippen LogP contribution in [0, 0.1) is 52.8 Å². The highest BCUT2D eigenvalue weighted by Gasteiger charge is 2.51. The summed E-state index contributed by atoms with van der Waals surface area (Å²) in [6, 6.07) is 5.09. The van der Waals surface area contributed by atoms with E-state index in [2.05, 4.69) is 54.2 Å². The van der Waals surface area contributed by atoms with Crippen molar-refractivity contribution in [2.24, 2.45) is 39.8 Å². The van der Waals surface area contributed by atoms with Crippen molar-refractivity contribution >= 4 is 33.3 Å². The maximum absolute atomic E-state index is 13.3. The van der Waals surface area contributed by atoms with Crippen LogP contribution in [-0.2, 0) is 35.2 Å². The molecule has 9 rings (SSSR count). The fourth-order valence-corrected chi connectivity index (χ4v) is 14.7. The molecule has 8 atom stereocenters. The number of guanidine groups is 1. The number of ketones is 1. The Labute approximate surface area is 405 Å². The molecular formula is C53H72N4O8S2. The number of rotatable bonds is 6. The van der Waals surface area contributed by atoms with Crippen molar-refractivity contribution in [2.75, 3.05) is 39.1 Å². The lowest BCUT2D eigenvalue weighted by Crippen LogP contribution is -2.58. The van der Waals surface area contributed by atoms with Gasteiger partial charge in [0.25, 0.3) is 0 Å². The summed E-state index contributed by atoms with van der Waals surface area (Å²) in [4.78, 5) is 18.3. The van der Waals surface area contributed by atoms with Gasteiger partial charge in [0.2, 0.25) is 6.29 Å². The third-order valence-electron chi connectivity index (χ3n) is 15.7. The minimum absolute atomic E-state index is 0.0229. The van der Waals surface area contributed by atoms with Gasteiger partial charge in [-0.15, -0.1) is 0 Å². The van der Waals surface area contributed by atoms with Gasteiger partial charge < -0.3 is 45.3 Å². The number of nitrogens with zero attached hydrogens (tertiary/aromatic N) is 1. The SMILES string of the molecule is COCCCC1CCC2(CCCC2)CC12CC#CC1NC(N)=NC(C(C)C)CSSCC1C1Cc3c4cc(c(c3OC1O)OCN2)CC#Cc1c(ccc(O)c1OC)CCC(=O)CC(O)CC4. The van der Waals surface area contributed by atoms with Crippen LogP contribution in [0.5, 0.6) is 23.0 Å². The van der Waals surface area contributed by atoms with Crippen LogP contribution in [0.2, 0.25) is 0 Å². The number of benzene rings is 2. The van der Waals surface area contributed by atoms with Crippen molar-refractivity contribution in [1.82, 2.24) is 10.6 Å². The highest BCUT2D eigenvalue weighted by molar-refractivity contribution is 8.76. The predicted octanol–water partition coefficient (Wildman–Crippen LogP) is 7.23. The Balaban J connectivity index is 1.28. The van der Waals surface area contributed by atoms with Crippen molar-refractivity contribution in [2.45, 2.75) is 153 Å². The molecule has 0 saturated heterocycles. The van der Waals surface area contributed by atoms with E-state index in [1.165, 1.54) is 39.2 Å². The van der Waals surface area contributed by atoms with Crippen LogP contribution in [-0.4, -0.2) is 96.1 Å². The standard InChI is InChI=1S/C53H72N4O8S2/c1-33(2)45-30-67-66-29-43-42-28-41-35-15-18-39(59)27-38(58)17-14-34-16-19-46(60)48(63-4)40(34)12-7-10-36(26-35)47(49(41)65-50(42)61)64-32-55-53(23-8-13-44(43)56-51(54)57-45)31-52(21-5-6-22-52)24-20-37(53)11-9-25-62-3/h16,19,26,33,37,39,42-45,50,55,59-61H,5-6,9-11,14-15,17-18,20-25,27-32H2,1-4H3,(H3,54,56,57). The summed E-state index contributed by atoms with van der Waals surface area (Å²) in [5.74, 6) is 17.3. The van der Waals surface area contributed by atoms with Crippen molar-refractivity contribution in [3.8, 4) is 46.7 Å². The molecule has 2 fully saturated rings. The van der Waals surface area contributed by atoms with Crippen molar-refractivity contribution in [3.05, 3.63) is 46.0 Å². The number of nitrogens with one attached hydrogen (secondary N) is 2. The Morgan fingerprint density at radius 1 is 0.985 bits per heavy atom. The minimum Gasteiger partial charge on any atom is -0.504 e. The first-order valence-corrected chi connectivity index (χ1v) is 27.2. The number of fused-ring (bicyclic) bond motifs is 7. The van der Waals surface area contributed by atoms with Crippen molar-refractivity contribution in [3.63, 3.8) is 0 Å². The van der Waals surface area contributed by atoms with E-state index in [0.29, 0.717) is 79.3 Å². The molecular weight excluding hydrogens is 885 g/mol. The lowest BCUT2D eigenvalue weighted by molar-refractivity contribution is -0.121. The number of ether oxygens (including phenoxy) is 4. The number of nitrogens with two attached hydrogens (primary N) is 1. The molecule has 0 aromatic heterocycles. The highest BCUT2D eigenvalue weighted by atomic mass is 33.1. The number of carbonyl (C=O) groups is 1. The highest BCUT2D eigenvalue weighted by Crippen LogP contribution is 2.56. The van der Waals surface area contributed by atoms with Crippen molar-refractivity contribution in [1.29, 1.82) is 0 Å². The zero-order chi connectivity index (χ0) is 47.1. The summed E-state index contributed by atoms with van der Waals surface area (Å²) in [5, 5.41) is 42.1. The van der Waals surface area contributed by atoms with E-state index < -0.39 is 18.4 Å². The Hall–Kier alpha value is -3.76. The number of aryl methyl sites for hydroxylation is 2. The number of carbonyl (C=O) groups excluding carboxylic acids is 1. The number of phenols is 1. The molecule has 0 amide bonds. The van der Waals surface area contributed by atoms with E-state index in [9.17, 15) is 20.1 Å². The first-order chi connectivity index (χ1) is 32.4. The van der Waals surface area contributed by atoms with Crippen LogP contribution in [0.1, 0.15) is 125 Å². The number of hydrogen-bond donors (Lipinski definition) is 6. The summed E-state index contributed by atoms with van der Waals surface area (Å²) in [6.45, 7) is 5.24. The van der Waals surface area contributed by atoms with E-state index in [1.54, 1.807) is 40.8 Å². The van der Waals surface area contributed by atoms with Gasteiger partial charge in [-0.05, 0) is 105 Å². The van der Waals surface area contributed by atoms with Gasteiger partial charge in [-0.25, -0.2) is 4.99 Å². The summed E-state index contributed by atoms with van der Waals surface area (Å²) in [6.07, 6.45) is 11.0. The first-order valence-electron chi connectivity index (χ1n) is 24.7. The molecule has 12 nitrogen and oxygen atoms in total. The van der Waals surface area contributed by atoms with Gasteiger partial charge in [0, 0.05) is 79.4 Å². The topological polar surface area (TPSA) is 177 Å². The van der Waals surface area contributed by atoms with Crippen LogP contribution < -0.4 is 30.6 Å². The van der Waals surface area contributed by atoms with Gasteiger partial charge in [0.15, 0.2) is 29.0 Å². The summed E-state index contributed by atoms with van der Waals surface area (Å²) < 4.78 is 25.1. The quantitative estimate of drug-likeness (QED) is 0.0973. The molecule has 2 aromatic rings. The molecule has 7 aliphatic rings. The minimum atomic E-state index is -1.19. The fraction of sp³-hybridized carbons (Fsp3) is 0.660. The fourth-order valence-electron chi connectivity index (χ4n) is 11.9. The second-order valence-corrected chi connectivity index (χ2v) is 22.9. The zero-order valence-electron chi connectivity index (χ0n) is 39.9. The van der Waals surface area contributed by atoms with Crippen molar-refractivity contribution < 1.29 is 39.1 Å². The maximum atomic E-state index is 13.3. The average Bonchev–Trinajstić information content (AvgIpc) is 3.75. The molecule has 0 radical (unpaired) electrons. The number of hydrogen-bond acceptors (Lipinski definition) is 14. The number of aromatic hydroxyl groups is 1. The van der Waals surface area contributed by atoms with E-state index in [-0.39, 0.29) is 72.1 Å². The monoisotopic (exact) mass is 956 g/mol. The third-order valence-corrected chi connectivity index (χ3v) is 18.1. The molecule has 2 spiro atoms. The molecule has 7 N–H and O–H groups in total. The van der Waals surface area contributed by atoms with Gasteiger partial charge in [0.05, 0.1) is 30.9 Å². The average molecular weight is 957 g/mol. The summed E-state index contributed by atoms with van der Waals surface area (Å²) in [5.41, 5.74) is 10.7. The van der Waals surface area contributed by atoms with E-state index in [4.69, 9.17) is 29.7 Å². The largest absolute Gasteiger partial charge is 0.504 e. The van der Waals surface area contributed by atoms with Gasteiger partial charge in [-0.2, -0.15) is 0 Å². The number of phenolic OH excluding ortho intramolecular Hbond substituents is 1. The number of Topliss-reactive ketones (excluding diaryl/α,β-unsaturated/α-hetero) is 1. The Morgan fingerprint density at radius 2 is 1.81 bits per heavy atom. The Morgan fingerprint density at radius 3 is 2.60 bits per heavy atom. The maximum Gasteiger partial charge on any atom is 0.201 e. The van der Waals surface area contributed by atoms with E-state index >= 15 is 0 Å². The molecule has 3 aliphatic carbocycles. The number of aliphatic imine (C=N–C) groups is 1. The molecule has 67 heavy (non-hydrogen) atoms. The van der Waals surface area contributed by atoms with Gasteiger partial charge >= 0.3 is 0 Å². The number of aliphatic hydroxyl groups excluding tert-OH is 2. The molecule has 4 aliphatic heterocycles. The molecule has 8 unspecified atom stereocenters.